The van der Waals surface area contributed by atoms with Crippen LogP contribution in [0.15, 0.2) is 12.1 Å². The van der Waals surface area contributed by atoms with Gasteiger partial charge in [0.25, 0.3) is 0 Å². The standard InChI is InChI=1S/C13H19Cl2NO2/c1-2-3-18-13-11(14)5-9(6-12(13)15)4-10(7-16)8-17/h5-6,10,17H,2-4,7-8,16H2,1H3. The fourth-order valence-corrected chi connectivity index (χ4v) is 2.27. The fourth-order valence-electron chi connectivity index (χ4n) is 1.63. The summed E-state index contributed by atoms with van der Waals surface area (Å²) in [7, 11) is 0. The maximum absolute atomic E-state index is 9.13. The Labute approximate surface area is 118 Å². The lowest BCUT2D eigenvalue weighted by Gasteiger charge is -2.14. The highest BCUT2D eigenvalue weighted by atomic mass is 35.5. The zero-order valence-electron chi connectivity index (χ0n) is 10.5. The van der Waals surface area contributed by atoms with Crippen LogP contribution in [-0.2, 0) is 6.42 Å². The first kappa shape index (κ1) is 15.6. The van der Waals surface area contributed by atoms with E-state index in [1.54, 1.807) is 0 Å². The molecule has 0 amide bonds. The van der Waals surface area contributed by atoms with Crippen molar-refractivity contribution in [2.45, 2.75) is 19.8 Å². The third kappa shape index (κ3) is 4.32. The highest BCUT2D eigenvalue weighted by Gasteiger charge is 2.12. The zero-order chi connectivity index (χ0) is 13.5. The van der Waals surface area contributed by atoms with Crippen LogP contribution in [0.1, 0.15) is 18.9 Å². The van der Waals surface area contributed by atoms with Gasteiger partial charge in [-0.3, -0.25) is 0 Å². The molecule has 0 radical (unpaired) electrons. The number of rotatable bonds is 7. The summed E-state index contributed by atoms with van der Waals surface area (Å²) in [5, 5.41) is 10.1. The van der Waals surface area contributed by atoms with Gasteiger partial charge in [0.1, 0.15) is 0 Å². The summed E-state index contributed by atoms with van der Waals surface area (Å²) in [5.41, 5.74) is 6.51. The van der Waals surface area contributed by atoms with Crippen molar-refractivity contribution in [2.24, 2.45) is 11.7 Å². The van der Waals surface area contributed by atoms with Gasteiger partial charge in [-0.2, -0.15) is 0 Å². The van der Waals surface area contributed by atoms with Crippen LogP contribution in [0.5, 0.6) is 5.75 Å². The van der Waals surface area contributed by atoms with E-state index in [9.17, 15) is 0 Å². The number of benzene rings is 1. The minimum atomic E-state index is 0.0274. The van der Waals surface area contributed by atoms with E-state index in [0.717, 1.165) is 12.0 Å². The molecule has 0 saturated heterocycles. The van der Waals surface area contributed by atoms with E-state index in [4.69, 9.17) is 38.8 Å². The van der Waals surface area contributed by atoms with Gasteiger partial charge in [-0.05, 0) is 43.0 Å². The number of aliphatic hydroxyl groups excluding tert-OH is 1. The molecule has 1 atom stereocenters. The van der Waals surface area contributed by atoms with Gasteiger partial charge in [0.05, 0.1) is 16.7 Å². The second kappa shape index (κ2) is 7.85. The fraction of sp³-hybridized carbons (Fsp3) is 0.538. The van der Waals surface area contributed by atoms with Crippen molar-refractivity contribution in [3.63, 3.8) is 0 Å². The summed E-state index contributed by atoms with van der Waals surface area (Å²) in [6, 6.07) is 3.63. The van der Waals surface area contributed by atoms with Gasteiger partial charge in [0.15, 0.2) is 5.75 Å². The predicted molar refractivity (Wildman–Crippen MR) is 75.6 cm³/mol. The number of nitrogens with two attached hydrogens (primary N) is 1. The van der Waals surface area contributed by atoms with E-state index in [1.165, 1.54) is 0 Å². The summed E-state index contributed by atoms with van der Waals surface area (Å²) in [5.74, 6) is 0.553. The molecule has 0 saturated carbocycles. The normalized spacial score (nSPS) is 12.5. The Balaban J connectivity index is 2.85. The largest absolute Gasteiger partial charge is 0.490 e. The second-order valence-corrected chi connectivity index (χ2v) is 5.04. The molecule has 0 aromatic heterocycles. The lowest BCUT2D eigenvalue weighted by atomic mass is 10.0. The SMILES string of the molecule is CCCOc1c(Cl)cc(CC(CN)CO)cc1Cl. The molecule has 0 heterocycles. The van der Waals surface area contributed by atoms with E-state index in [1.807, 2.05) is 19.1 Å². The molecule has 0 aliphatic heterocycles. The second-order valence-electron chi connectivity index (χ2n) is 4.23. The van der Waals surface area contributed by atoms with E-state index in [0.29, 0.717) is 35.4 Å². The third-order valence-electron chi connectivity index (χ3n) is 2.62. The van der Waals surface area contributed by atoms with E-state index < -0.39 is 0 Å². The molecule has 5 heteroatoms. The first-order valence-electron chi connectivity index (χ1n) is 6.04. The molecule has 0 spiro atoms. The lowest BCUT2D eigenvalue weighted by molar-refractivity contribution is 0.230. The van der Waals surface area contributed by atoms with Crippen LogP contribution in [0.3, 0.4) is 0 Å². The molecule has 1 aromatic carbocycles. The smallest absolute Gasteiger partial charge is 0.156 e. The molecular weight excluding hydrogens is 273 g/mol. The van der Waals surface area contributed by atoms with Gasteiger partial charge in [-0.1, -0.05) is 30.1 Å². The molecule has 3 nitrogen and oxygen atoms in total. The van der Waals surface area contributed by atoms with E-state index >= 15 is 0 Å². The minimum absolute atomic E-state index is 0.0274. The molecular formula is C13H19Cl2NO2. The Morgan fingerprint density at radius 1 is 1.33 bits per heavy atom. The highest BCUT2D eigenvalue weighted by Crippen LogP contribution is 2.34. The Morgan fingerprint density at radius 3 is 2.39 bits per heavy atom. The van der Waals surface area contributed by atoms with E-state index in [-0.39, 0.29) is 12.5 Å². The van der Waals surface area contributed by atoms with Gasteiger partial charge >= 0.3 is 0 Å². The van der Waals surface area contributed by atoms with Crippen LogP contribution in [0.4, 0.5) is 0 Å². The molecule has 3 N–H and O–H groups in total. The lowest BCUT2D eigenvalue weighted by Crippen LogP contribution is -2.20. The van der Waals surface area contributed by atoms with Crippen molar-refractivity contribution in [1.29, 1.82) is 0 Å². The van der Waals surface area contributed by atoms with Gasteiger partial charge < -0.3 is 15.6 Å². The molecule has 1 aromatic rings. The van der Waals surface area contributed by atoms with Crippen LogP contribution in [-0.4, -0.2) is 24.9 Å². The number of hydrogen-bond acceptors (Lipinski definition) is 3. The van der Waals surface area contributed by atoms with Crippen molar-refractivity contribution in [3.8, 4) is 5.75 Å². The number of ether oxygens (including phenoxy) is 1. The summed E-state index contributed by atoms with van der Waals surface area (Å²) < 4.78 is 5.49. The first-order valence-corrected chi connectivity index (χ1v) is 6.79. The average molecular weight is 292 g/mol. The van der Waals surface area contributed by atoms with Crippen molar-refractivity contribution in [2.75, 3.05) is 19.8 Å². The molecule has 0 bridgehead atoms. The van der Waals surface area contributed by atoms with Crippen molar-refractivity contribution >= 4 is 23.2 Å². The molecule has 18 heavy (non-hydrogen) atoms. The van der Waals surface area contributed by atoms with Crippen LogP contribution in [0.25, 0.3) is 0 Å². The maximum Gasteiger partial charge on any atom is 0.156 e. The number of hydrogen-bond donors (Lipinski definition) is 2. The Bertz CT molecular complexity index is 358. The average Bonchev–Trinajstić information content (AvgIpc) is 2.35. The van der Waals surface area contributed by atoms with Crippen LogP contribution in [0.2, 0.25) is 10.0 Å². The first-order chi connectivity index (χ1) is 8.62. The molecule has 0 fully saturated rings. The van der Waals surface area contributed by atoms with Crippen LogP contribution >= 0.6 is 23.2 Å². The maximum atomic E-state index is 9.13. The number of halogens is 2. The Kier molecular flexibility index (Phi) is 6.79. The van der Waals surface area contributed by atoms with Gasteiger partial charge in [-0.25, -0.2) is 0 Å². The van der Waals surface area contributed by atoms with E-state index in [2.05, 4.69) is 0 Å². The molecule has 1 unspecified atom stereocenters. The third-order valence-corrected chi connectivity index (χ3v) is 3.19. The van der Waals surface area contributed by atoms with Gasteiger partial charge in [0.2, 0.25) is 0 Å². The zero-order valence-corrected chi connectivity index (χ0v) is 12.0. The molecule has 0 aliphatic carbocycles. The molecule has 0 aliphatic rings. The van der Waals surface area contributed by atoms with Gasteiger partial charge in [0, 0.05) is 6.61 Å². The highest BCUT2D eigenvalue weighted by molar-refractivity contribution is 6.37. The predicted octanol–water partition coefficient (Wildman–Crippen LogP) is 2.89. The summed E-state index contributed by atoms with van der Waals surface area (Å²) in [6.45, 7) is 3.09. The topological polar surface area (TPSA) is 55.5 Å². The Hall–Kier alpha value is -0.480. The monoisotopic (exact) mass is 291 g/mol. The quantitative estimate of drug-likeness (QED) is 0.812. The number of aliphatic hydroxyl groups is 1. The minimum Gasteiger partial charge on any atom is -0.490 e. The van der Waals surface area contributed by atoms with Crippen molar-refractivity contribution < 1.29 is 9.84 Å². The molecule has 102 valence electrons. The summed E-state index contributed by atoms with van der Waals surface area (Å²) in [4.78, 5) is 0. The van der Waals surface area contributed by atoms with Crippen molar-refractivity contribution in [3.05, 3.63) is 27.7 Å². The summed E-state index contributed by atoms with van der Waals surface area (Å²) >= 11 is 12.3. The van der Waals surface area contributed by atoms with Crippen LogP contribution < -0.4 is 10.5 Å². The van der Waals surface area contributed by atoms with Crippen LogP contribution in [0, 0.1) is 5.92 Å². The van der Waals surface area contributed by atoms with Gasteiger partial charge in [-0.15, -0.1) is 0 Å². The summed E-state index contributed by atoms with van der Waals surface area (Å²) in [6.07, 6.45) is 1.55. The Morgan fingerprint density at radius 2 is 1.94 bits per heavy atom. The molecule has 1 rings (SSSR count). The van der Waals surface area contributed by atoms with Crippen molar-refractivity contribution in [1.82, 2.24) is 0 Å².